The van der Waals surface area contributed by atoms with E-state index in [4.69, 9.17) is 0 Å². The minimum atomic E-state index is -0.522. The monoisotopic (exact) mass is 424 g/mol. The SMILES string of the molecule is CC1CCN(Cc2ccc(NC(=O)CCc3nc4c([nH]3)c(=O)[nH]c(=O)n4C)cc2)CC1. The third kappa shape index (κ3) is 4.93. The minimum absolute atomic E-state index is 0.138. The number of carbonyl (C=O) groups excluding carboxylic acids is 1. The molecule has 1 saturated heterocycles. The first-order valence-corrected chi connectivity index (χ1v) is 10.7. The van der Waals surface area contributed by atoms with Crippen molar-refractivity contribution in [3.05, 3.63) is 56.5 Å². The molecule has 1 fully saturated rings. The Hall–Kier alpha value is -3.20. The lowest BCUT2D eigenvalue weighted by atomic mass is 9.99. The zero-order valence-corrected chi connectivity index (χ0v) is 17.9. The van der Waals surface area contributed by atoms with Crippen molar-refractivity contribution in [1.29, 1.82) is 0 Å². The molecule has 3 heterocycles. The normalized spacial score (nSPS) is 15.4. The molecular weight excluding hydrogens is 396 g/mol. The number of H-pyrrole nitrogens is 2. The molecule has 0 unspecified atom stereocenters. The van der Waals surface area contributed by atoms with Crippen molar-refractivity contribution in [2.45, 2.75) is 39.2 Å². The van der Waals surface area contributed by atoms with E-state index in [-0.39, 0.29) is 23.5 Å². The zero-order chi connectivity index (χ0) is 22.0. The summed E-state index contributed by atoms with van der Waals surface area (Å²) in [5, 5.41) is 2.90. The van der Waals surface area contributed by atoms with Crippen LogP contribution in [0.2, 0.25) is 0 Å². The van der Waals surface area contributed by atoms with Crippen molar-refractivity contribution in [1.82, 2.24) is 24.4 Å². The van der Waals surface area contributed by atoms with Crippen LogP contribution < -0.4 is 16.6 Å². The number of aromatic amines is 2. The molecule has 1 amide bonds. The van der Waals surface area contributed by atoms with Gasteiger partial charge >= 0.3 is 5.69 Å². The number of piperidine rings is 1. The van der Waals surface area contributed by atoms with Gasteiger partial charge in [-0.25, -0.2) is 9.78 Å². The second-order valence-corrected chi connectivity index (χ2v) is 8.40. The van der Waals surface area contributed by atoms with Crippen LogP contribution in [-0.4, -0.2) is 43.4 Å². The number of fused-ring (bicyclic) bond motifs is 1. The summed E-state index contributed by atoms with van der Waals surface area (Å²) in [6.45, 7) is 5.53. The van der Waals surface area contributed by atoms with Crippen molar-refractivity contribution < 1.29 is 4.79 Å². The number of amides is 1. The van der Waals surface area contributed by atoms with Crippen LogP contribution in [0.25, 0.3) is 11.2 Å². The van der Waals surface area contributed by atoms with E-state index in [1.807, 2.05) is 12.1 Å². The number of nitrogens with zero attached hydrogens (tertiary/aromatic N) is 3. The van der Waals surface area contributed by atoms with E-state index in [2.05, 4.69) is 44.2 Å². The molecule has 9 nitrogen and oxygen atoms in total. The van der Waals surface area contributed by atoms with Crippen molar-refractivity contribution >= 4 is 22.8 Å². The highest BCUT2D eigenvalue weighted by molar-refractivity contribution is 5.90. The molecule has 0 atom stereocenters. The molecule has 0 radical (unpaired) electrons. The lowest BCUT2D eigenvalue weighted by Gasteiger charge is -2.30. The predicted octanol–water partition coefficient (Wildman–Crippen LogP) is 1.75. The van der Waals surface area contributed by atoms with Gasteiger partial charge in [-0.15, -0.1) is 0 Å². The fraction of sp³-hybridized carbons (Fsp3) is 0.455. The lowest BCUT2D eigenvalue weighted by molar-refractivity contribution is -0.116. The number of aromatic nitrogens is 4. The highest BCUT2D eigenvalue weighted by Gasteiger charge is 2.16. The molecule has 0 bridgehead atoms. The van der Waals surface area contributed by atoms with Crippen LogP contribution in [0.1, 0.15) is 37.6 Å². The van der Waals surface area contributed by atoms with E-state index in [1.165, 1.54) is 30.0 Å². The molecule has 3 aromatic rings. The summed E-state index contributed by atoms with van der Waals surface area (Å²) in [6, 6.07) is 7.96. The molecule has 2 aromatic heterocycles. The van der Waals surface area contributed by atoms with Crippen LogP contribution >= 0.6 is 0 Å². The van der Waals surface area contributed by atoms with Gasteiger partial charge in [0.25, 0.3) is 5.56 Å². The Morgan fingerprint density at radius 3 is 2.58 bits per heavy atom. The summed E-state index contributed by atoms with van der Waals surface area (Å²) in [5.74, 6) is 1.17. The fourth-order valence-electron chi connectivity index (χ4n) is 3.90. The number of hydrogen-bond acceptors (Lipinski definition) is 5. The Labute approximate surface area is 179 Å². The van der Waals surface area contributed by atoms with Gasteiger partial charge in [0, 0.05) is 32.1 Å². The van der Waals surface area contributed by atoms with E-state index in [0.717, 1.165) is 31.2 Å². The second-order valence-electron chi connectivity index (χ2n) is 8.40. The predicted molar refractivity (Wildman–Crippen MR) is 119 cm³/mol. The van der Waals surface area contributed by atoms with Crippen molar-refractivity contribution in [2.75, 3.05) is 18.4 Å². The van der Waals surface area contributed by atoms with Gasteiger partial charge in [0.15, 0.2) is 5.65 Å². The van der Waals surface area contributed by atoms with Crippen LogP contribution in [0.3, 0.4) is 0 Å². The van der Waals surface area contributed by atoms with Gasteiger partial charge in [-0.3, -0.25) is 24.0 Å². The number of carbonyl (C=O) groups is 1. The summed E-state index contributed by atoms with van der Waals surface area (Å²) in [5.41, 5.74) is 1.47. The summed E-state index contributed by atoms with van der Waals surface area (Å²) in [4.78, 5) is 47.8. The number of anilines is 1. The number of rotatable bonds is 6. The highest BCUT2D eigenvalue weighted by Crippen LogP contribution is 2.19. The first kappa shape index (κ1) is 21.0. The molecule has 1 aliphatic heterocycles. The van der Waals surface area contributed by atoms with Gasteiger partial charge in [0.2, 0.25) is 5.91 Å². The number of likely N-dealkylation sites (tertiary alicyclic amines) is 1. The Balaban J connectivity index is 1.31. The van der Waals surface area contributed by atoms with Crippen LogP contribution in [0.5, 0.6) is 0 Å². The zero-order valence-electron chi connectivity index (χ0n) is 17.9. The Morgan fingerprint density at radius 1 is 1.16 bits per heavy atom. The maximum atomic E-state index is 12.3. The quantitative estimate of drug-likeness (QED) is 0.558. The molecular formula is C22H28N6O3. The topological polar surface area (TPSA) is 116 Å². The number of aryl methyl sites for hydroxylation is 2. The van der Waals surface area contributed by atoms with Crippen LogP contribution in [0.15, 0.2) is 33.9 Å². The van der Waals surface area contributed by atoms with Gasteiger partial charge in [-0.2, -0.15) is 0 Å². The number of hydrogen-bond donors (Lipinski definition) is 3. The van der Waals surface area contributed by atoms with Gasteiger partial charge in [0.05, 0.1) is 0 Å². The molecule has 0 aliphatic carbocycles. The summed E-state index contributed by atoms with van der Waals surface area (Å²) in [7, 11) is 1.54. The van der Waals surface area contributed by atoms with Gasteiger partial charge < -0.3 is 10.3 Å². The third-order valence-corrected chi connectivity index (χ3v) is 5.91. The molecule has 9 heteroatoms. The third-order valence-electron chi connectivity index (χ3n) is 5.91. The smallest absolute Gasteiger partial charge is 0.329 e. The number of imidazole rings is 1. The van der Waals surface area contributed by atoms with E-state index in [9.17, 15) is 14.4 Å². The summed E-state index contributed by atoms with van der Waals surface area (Å²) >= 11 is 0. The Morgan fingerprint density at radius 2 is 1.87 bits per heavy atom. The molecule has 1 aromatic carbocycles. The standard InChI is InChI=1S/C22H28N6O3/c1-14-9-11-28(12-10-14)13-15-3-5-16(6-4-15)23-18(29)8-7-17-24-19-20(25-17)27(2)22(31)26-21(19)30/h3-6,14H,7-13H2,1-2H3,(H,23,29)(H,24,25)(H,26,30,31). The molecule has 0 saturated carbocycles. The van der Waals surface area contributed by atoms with Gasteiger partial charge in [-0.05, 0) is 49.5 Å². The highest BCUT2D eigenvalue weighted by atomic mass is 16.2. The summed E-state index contributed by atoms with van der Waals surface area (Å²) in [6.07, 6.45) is 3.05. The maximum absolute atomic E-state index is 12.3. The lowest BCUT2D eigenvalue weighted by Crippen LogP contribution is -2.32. The van der Waals surface area contributed by atoms with Crippen LogP contribution in [0, 0.1) is 5.92 Å². The van der Waals surface area contributed by atoms with Crippen molar-refractivity contribution in [3.63, 3.8) is 0 Å². The minimum Gasteiger partial charge on any atom is -0.336 e. The average Bonchev–Trinajstić information content (AvgIpc) is 3.19. The van der Waals surface area contributed by atoms with Crippen LogP contribution in [0.4, 0.5) is 5.69 Å². The molecule has 164 valence electrons. The van der Waals surface area contributed by atoms with Crippen LogP contribution in [-0.2, 0) is 24.8 Å². The first-order chi connectivity index (χ1) is 14.9. The molecule has 4 rings (SSSR count). The van der Waals surface area contributed by atoms with Crippen molar-refractivity contribution in [2.24, 2.45) is 13.0 Å². The molecule has 1 aliphatic rings. The fourth-order valence-corrected chi connectivity index (χ4v) is 3.90. The van der Waals surface area contributed by atoms with Crippen molar-refractivity contribution in [3.8, 4) is 0 Å². The molecule has 31 heavy (non-hydrogen) atoms. The molecule has 0 spiro atoms. The maximum Gasteiger partial charge on any atom is 0.329 e. The van der Waals surface area contributed by atoms with E-state index < -0.39 is 11.2 Å². The second kappa shape index (κ2) is 8.89. The van der Waals surface area contributed by atoms with E-state index in [0.29, 0.717) is 12.2 Å². The van der Waals surface area contributed by atoms with Gasteiger partial charge in [0.1, 0.15) is 11.3 Å². The van der Waals surface area contributed by atoms with E-state index in [1.54, 1.807) is 0 Å². The Bertz CT molecular complexity index is 1180. The van der Waals surface area contributed by atoms with E-state index >= 15 is 0 Å². The van der Waals surface area contributed by atoms with Gasteiger partial charge in [-0.1, -0.05) is 19.1 Å². The molecule has 3 N–H and O–H groups in total. The number of nitrogens with one attached hydrogen (secondary N) is 3. The Kier molecular flexibility index (Phi) is 6.03. The average molecular weight is 425 g/mol. The first-order valence-electron chi connectivity index (χ1n) is 10.7. The summed E-state index contributed by atoms with van der Waals surface area (Å²) < 4.78 is 1.27. The number of benzene rings is 1. The largest absolute Gasteiger partial charge is 0.336 e.